The highest BCUT2D eigenvalue weighted by molar-refractivity contribution is 7.89. The van der Waals surface area contributed by atoms with Crippen LogP contribution in [0.4, 0.5) is 0 Å². The fourth-order valence-electron chi connectivity index (χ4n) is 2.48. The third kappa shape index (κ3) is 3.65. The van der Waals surface area contributed by atoms with Crippen molar-refractivity contribution in [2.75, 3.05) is 19.8 Å². The first kappa shape index (κ1) is 15.8. The maximum atomic E-state index is 12.4. The molecule has 0 saturated heterocycles. The van der Waals surface area contributed by atoms with Gasteiger partial charge in [0.05, 0.1) is 4.90 Å². The molecular formula is C17H19NO4S. The summed E-state index contributed by atoms with van der Waals surface area (Å²) in [5.74, 6) is 1.05. The summed E-state index contributed by atoms with van der Waals surface area (Å²) in [6, 6.07) is 12.6. The van der Waals surface area contributed by atoms with Crippen LogP contribution in [0.25, 0.3) is 0 Å². The second-order valence-corrected chi connectivity index (χ2v) is 7.15. The minimum Gasteiger partial charge on any atom is -0.486 e. The van der Waals surface area contributed by atoms with Gasteiger partial charge in [-0.1, -0.05) is 24.3 Å². The van der Waals surface area contributed by atoms with Gasteiger partial charge in [0, 0.05) is 12.6 Å². The maximum absolute atomic E-state index is 12.4. The van der Waals surface area contributed by atoms with E-state index in [0.717, 1.165) is 11.1 Å². The Labute approximate surface area is 136 Å². The fourth-order valence-corrected chi connectivity index (χ4v) is 3.53. The summed E-state index contributed by atoms with van der Waals surface area (Å²) in [6.07, 6.45) is 0.649. The molecule has 0 amide bonds. The van der Waals surface area contributed by atoms with E-state index in [9.17, 15) is 8.42 Å². The van der Waals surface area contributed by atoms with Crippen LogP contribution in [-0.4, -0.2) is 28.2 Å². The monoisotopic (exact) mass is 333 g/mol. The lowest BCUT2D eigenvalue weighted by Gasteiger charge is -2.19. The van der Waals surface area contributed by atoms with Crippen LogP contribution in [-0.2, 0) is 16.4 Å². The van der Waals surface area contributed by atoms with E-state index in [1.807, 2.05) is 31.2 Å². The van der Waals surface area contributed by atoms with Crippen LogP contribution in [0.1, 0.15) is 11.1 Å². The summed E-state index contributed by atoms with van der Waals surface area (Å²) < 4.78 is 38.2. The van der Waals surface area contributed by atoms with Gasteiger partial charge in [-0.3, -0.25) is 0 Å². The number of hydrogen-bond donors (Lipinski definition) is 1. The van der Waals surface area contributed by atoms with E-state index in [2.05, 4.69) is 4.72 Å². The molecule has 0 aromatic heterocycles. The van der Waals surface area contributed by atoms with Crippen LogP contribution >= 0.6 is 0 Å². The Bertz CT molecular complexity index is 802. The number of rotatable bonds is 5. The van der Waals surface area contributed by atoms with Crippen molar-refractivity contribution < 1.29 is 17.9 Å². The van der Waals surface area contributed by atoms with Crippen LogP contribution < -0.4 is 14.2 Å². The molecule has 0 radical (unpaired) electrons. The lowest BCUT2D eigenvalue weighted by Crippen LogP contribution is -2.26. The van der Waals surface area contributed by atoms with Crippen LogP contribution in [0.3, 0.4) is 0 Å². The second-order valence-electron chi connectivity index (χ2n) is 5.38. The zero-order valence-electron chi connectivity index (χ0n) is 12.9. The molecule has 0 fully saturated rings. The number of hydrogen-bond acceptors (Lipinski definition) is 4. The Hall–Kier alpha value is -2.05. The molecule has 23 heavy (non-hydrogen) atoms. The Morgan fingerprint density at radius 2 is 1.78 bits per heavy atom. The molecule has 5 nitrogen and oxygen atoms in total. The first-order valence-corrected chi connectivity index (χ1v) is 8.98. The predicted molar refractivity (Wildman–Crippen MR) is 87.5 cm³/mol. The van der Waals surface area contributed by atoms with Crippen molar-refractivity contribution in [2.24, 2.45) is 0 Å². The largest absolute Gasteiger partial charge is 0.486 e. The average molecular weight is 333 g/mol. The first-order chi connectivity index (χ1) is 11.1. The fraction of sp³-hybridized carbons (Fsp3) is 0.294. The molecule has 1 aliphatic heterocycles. The number of benzene rings is 2. The van der Waals surface area contributed by atoms with Gasteiger partial charge in [0.15, 0.2) is 11.5 Å². The number of sulfonamides is 1. The van der Waals surface area contributed by atoms with Crippen LogP contribution in [0.2, 0.25) is 0 Å². The van der Waals surface area contributed by atoms with Crippen molar-refractivity contribution >= 4 is 10.0 Å². The zero-order chi connectivity index (χ0) is 16.3. The van der Waals surface area contributed by atoms with E-state index in [1.165, 1.54) is 12.1 Å². The lowest BCUT2D eigenvalue weighted by molar-refractivity contribution is 0.171. The van der Waals surface area contributed by atoms with Gasteiger partial charge in [-0.2, -0.15) is 0 Å². The van der Waals surface area contributed by atoms with E-state index in [0.29, 0.717) is 37.7 Å². The van der Waals surface area contributed by atoms with E-state index >= 15 is 0 Å². The number of ether oxygens (including phenoxy) is 2. The minimum atomic E-state index is -3.56. The van der Waals surface area contributed by atoms with Gasteiger partial charge < -0.3 is 9.47 Å². The SMILES string of the molecule is Cc1ccccc1CCNS(=O)(=O)c1ccc2c(c1)OCCO2. The molecular weight excluding hydrogens is 314 g/mol. The highest BCUT2D eigenvalue weighted by atomic mass is 32.2. The number of nitrogens with one attached hydrogen (secondary N) is 1. The quantitative estimate of drug-likeness (QED) is 0.912. The normalized spacial score (nSPS) is 13.8. The number of fused-ring (bicyclic) bond motifs is 1. The Morgan fingerprint density at radius 3 is 2.57 bits per heavy atom. The second kappa shape index (κ2) is 6.60. The van der Waals surface area contributed by atoms with E-state index in [4.69, 9.17) is 9.47 Å². The smallest absolute Gasteiger partial charge is 0.240 e. The van der Waals surface area contributed by atoms with Crippen molar-refractivity contribution in [3.63, 3.8) is 0 Å². The Kier molecular flexibility index (Phi) is 4.54. The molecule has 0 unspecified atom stereocenters. The molecule has 1 aliphatic rings. The lowest BCUT2D eigenvalue weighted by atomic mass is 10.1. The molecule has 0 atom stereocenters. The van der Waals surface area contributed by atoms with E-state index in [1.54, 1.807) is 6.07 Å². The van der Waals surface area contributed by atoms with Crippen molar-refractivity contribution in [3.05, 3.63) is 53.6 Å². The third-order valence-corrected chi connectivity index (χ3v) is 5.23. The molecule has 2 aromatic carbocycles. The van der Waals surface area contributed by atoms with Gasteiger partial charge in [-0.25, -0.2) is 13.1 Å². The van der Waals surface area contributed by atoms with Crippen LogP contribution in [0.15, 0.2) is 47.4 Å². The molecule has 0 spiro atoms. The van der Waals surface area contributed by atoms with Gasteiger partial charge in [0.1, 0.15) is 13.2 Å². The summed E-state index contributed by atoms with van der Waals surface area (Å²) in [6.45, 7) is 3.28. The molecule has 0 aliphatic carbocycles. The molecule has 122 valence electrons. The molecule has 2 aromatic rings. The molecule has 1 N–H and O–H groups in total. The highest BCUT2D eigenvalue weighted by Gasteiger charge is 2.19. The third-order valence-electron chi connectivity index (χ3n) is 3.77. The van der Waals surface area contributed by atoms with Crippen molar-refractivity contribution in [3.8, 4) is 11.5 Å². The predicted octanol–water partition coefficient (Wildman–Crippen LogP) is 2.29. The zero-order valence-corrected chi connectivity index (χ0v) is 13.7. The van der Waals surface area contributed by atoms with Crippen molar-refractivity contribution in [1.29, 1.82) is 0 Å². The van der Waals surface area contributed by atoms with Crippen LogP contribution in [0.5, 0.6) is 11.5 Å². The Balaban J connectivity index is 1.68. The van der Waals surface area contributed by atoms with Gasteiger partial charge in [0.25, 0.3) is 0 Å². The molecule has 0 saturated carbocycles. The van der Waals surface area contributed by atoms with Gasteiger partial charge >= 0.3 is 0 Å². The summed E-state index contributed by atoms with van der Waals surface area (Å²) >= 11 is 0. The van der Waals surface area contributed by atoms with Crippen molar-refractivity contribution in [1.82, 2.24) is 4.72 Å². The van der Waals surface area contributed by atoms with E-state index < -0.39 is 10.0 Å². The summed E-state index contributed by atoms with van der Waals surface area (Å²) in [5.41, 5.74) is 2.29. The summed E-state index contributed by atoms with van der Waals surface area (Å²) in [5, 5.41) is 0. The van der Waals surface area contributed by atoms with Gasteiger partial charge in [-0.05, 0) is 36.6 Å². The highest BCUT2D eigenvalue weighted by Crippen LogP contribution is 2.32. The Morgan fingerprint density at radius 1 is 1.04 bits per heavy atom. The molecule has 3 rings (SSSR count). The molecule has 6 heteroatoms. The first-order valence-electron chi connectivity index (χ1n) is 7.50. The van der Waals surface area contributed by atoms with Crippen LogP contribution in [0, 0.1) is 6.92 Å². The van der Waals surface area contributed by atoms with Gasteiger partial charge in [-0.15, -0.1) is 0 Å². The minimum absolute atomic E-state index is 0.187. The van der Waals surface area contributed by atoms with E-state index in [-0.39, 0.29) is 4.90 Å². The number of aryl methyl sites for hydroxylation is 1. The topological polar surface area (TPSA) is 64.6 Å². The average Bonchev–Trinajstić information content (AvgIpc) is 2.56. The molecule has 1 heterocycles. The van der Waals surface area contributed by atoms with Crippen molar-refractivity contribution in [2.45, 2.75) is 18.2 Å². The summed E-state index contributed by atoms with van der Waals surface area (Å²) in [7, 11) is -3.56. The molecule has 0 bridgehead atoms. The summed E-state index contributed by atoms with van der Waals surface area (Å²) in [4.78, 5) is 0.187. The standard InChI is InChI=1S/C17H19NO4S/c1-13-4-2-3-5-14(13)8-9-18-23(19,20)15-6-7-16-17(12-15)22-11-10-21-16/h2-7,12,18H,8-11H2,1H3. The van der Waals surface area contributed by atoms with Gasteiger partial charge in [0.2, 0.25) is 10.0 Å². The maximum Gasteiger partial charge on any atom is 0.240 e.